The first-order valence-electron chi connectivity index (χ1n) is 11.8. The molecule has 1 saturated heterocycles. The number of hydrogen-bond donors (Lipinski definition) is 1. The van der Waals surface area contributed by atoms with Crippen LogP contribution in [0.2, 0.25) is 0 Å². The second-order valence-corrected chi connectivity index (χ2v) is 8.50. The Bertz CT molecular complexity index is 1310. The number of ether oxygens (including phenoxy) is 1. The van der Waals surface area contributed by atoms with Gasteiger partial charge >= 0.3 is 0 Å². The minimum atomic E-state index is -0.332. The van der Waals surface area contributed by atoms with E-state index >= 15 is 0 Å². The number of furan rings is 1. The predicted molar refractivity (Wildman–Crippen MR) is 136 cm³/mol. The van der Waals surface area contributed by atoms with Crippen molar-refractivity contribution in [3.63, 3.8) is 0 Å². The average molecular weight is 486 g/mol. The fourth-order valence-corrected chi connectivity index (χ4v) is 4.10. The fourth-order valence-electron chi connectivity index (χ4n) is 4.10. The second kappa shape index (κ2) is 10.5. The lowest BCUT2D eigenvalue weighted by atomic mass is 10.2. The van der Waals surface area contributed by atoms with Crippen LogP contribution in [0.5, 0.6) is 0 Å². The maximum absolute atomic E-state index is 13.4. The number of likely N-dealkylation sites (N-methyl/N-ethyl adjacent to an activating group) is 1. The fraction of sp³-hybridized carbons (Fsp3) is 0.222. The SMILES string of the molecule is CN(CC(=O)Nc1ccc(N2CCOCC2)cc1)C(=O)c1cc(-c2ccco2)nn1-c1ccccc1. The third kappa shape index (κ3) is 5.16. The first-order valence-corrected chi connectivity index (χ1v) is 11.8. The van der Waals surface area contributed by atoms with Crippen molar-refractivity contribution in [2.75, 3.05) is 50.1 Å². The number of amides is 2. The van der Waals surface area contributed by atoms with Crippen LogP contribution in [0.25, 0.3) is 17.1 Å². The smallest absolute Gasteiger partial charge is 0.272 e. The number of carbonyl (C=O) groups is 2. The summed E-state index contributed by atoms with van der Waals surface area (Å²) >= 11 is 0. The van der Waals surface area contributed by atoms with Crippen molar-refractivity contribution in [2.45, 2.75) is 0 Å². The normalized spacial score (nSPS) is 13.4. The monoisotopic (exact) mass is 485 g/mol. The second-order valence-electron chi connectivity index (χ2n) is 8.50. The Hall–Kier alpha value is -4.37. The third-order valence-corrected chi connectivity index (χ3v) is 5.96. The average Bonchev–Trinajstić information content (AvgIpc) is 3.60. The Morgan fingerprint density at radius 3 is 2.42 bits per heavy atom. The number of hydrogen-bond acceptors (Lipinski definition) is 6. The molecule has 1 aliphatic rings. The number of rotatable bonds is 7. The van der Waals surface area contributed by atoms with E-state index in [1.54, 1.807) is 36.2 Å². The zero-order chi connectivity index (χ0) is 24.9. The van der Waals surface area contributed by atoms with Gasteiger partial charge in [0.25, 0.3) is 5.91 Å². The van der Waals surface area contributed by atoms with Gasteiger partial charge in [0.2, 0.25) is 5.91 Å². The lowest BCUT2D eigenvalue weighted by molar-refractivity contribution is -0.116. The third-order valence-electron chi connectivity index (χ3n) is 5.96. The molecule has 1 aliphatic heterocycles. The Labute approximate surface area is 208 Å². The molecule has 3 heterocycles. The molecule has 9 nitrogen and oxygen atoms in total. The Kier molecular flexibility index (Phi) is 6.81. The molecular formula is C27H27N5O4. The van der Waals surface area contributed by atoms with E-state index in [2.05, 4.69) is 15.3 Å². The van der Waals surface area contributed by atoms with Crippen molar-refractivity contribution in [1.82, 2.24) is 14.7 Å². The quantitative estimate of drug-likeness (QED) is 0.429. The molecule has 2 aromatic carbocycles. The van der Waals surface area contributed by atoms with Crippen LogP contribution in [-0.2, 0) is 9.53 Å². The van der Waals surface area contributed by atoms with Crippen molar-refractivity contribution in [2.24, 2.45) is 0 Å². The Balaban J connectivity index is 1.28. The molecule has 0 saturated carbocycles. The molecule has 0 unspecified atom stereocenters. The van der Waals surface area contributed by atoms with Crippen molar-refractivity contribution in [3.05, 3.63) is 84.8 Å². The van der Waals surface area contributed by atoms with Gasteiger partial charge < -0.3 is 24.3 Å². The van der Waals surface area contributed by atoms with Gasteiger partial charge in [0, 0.05) is 37.6 Å². The Morgan fingerprint density at radius 1 is 0.972 bits per heavy atom. The van der Waals surface area contributed by atoms with Gasteiger partial charge in [-0.15, -0.1) is 0 Å². The van der Waals surface area contributed by atoms with Gasteiger partial charge in [-0.1, -0.05) is 18.2 Å². The van der Waals surface area contributed by atoms with Gasteiger partial charge in [-0.05, 0) is 48.5 Å². The summed E-state index contributed by atoms with van der Waals surface area (Å²) in [7, 11) is 1.60. The summed E-state index contributed by atoms with van der Waals surface area (Å²) in [4.78, 5) is 29.7. The minimum absolute atomic E-state index is 0.111. The van der Waals surface area contributed by atoms with Crippen LogP contribution in [0.1, 0.15) is 10.5 Å². The molecule has 0 spiro atoms. The maximum Gasteiger partial charge on any atom is 0.272 e. The van der Waals surface area contributed by atoms with Crippen LogP contribution in [0.3, 0.4) is 0 Å². The maximum atomic E-state index is 13.4. The van der Waals surface area contributed by atoms with Gasteiger partial charge in [-0.2, -0.15) is 5.10 Å². The number of nitrogens with zero attached hydrogens (tertiary/aromatic N) is 4. The molecule has 2 aromatic heterocycles. The highest BCUT2D eigenvalue weighted by molar-refractivity contribution is 5.99. The molecule has 36 heavy (non-hydrogen) atoms. The summed E-state index contributed by atoms with van der Waals surface area (Å²) in [6, 6.07) is 22.3. The highest BCUT2D eigenvalue weighted by atomic mass is 16.5. The van der Waals surface area contributed by atoms with Crippen LogP contribution >= 0.6 is 0 Å². The van der Waals surface area contributed by atoms with Gasteiger partial charge in [0.05, 0.1) is 31.7 Å². The topological polar surface area (TPSA) is 92.8 Å². The number of benzene rings is 2. The van der Waals surface area contributed by atoms with E-state index in [-0.39, 0.29) is 18.4 Å². The van der Waals surface area contributed by atoms with Crippen molar-refractivity contribution < 1.29 is 18.7 Å². The summed E-state index contributed by atoms with van der Waals surface area (Å²) in [6.07, 6.45) is 1.56. The van der Waals surface area contributed by atoms with Gasteiger partial charge in [-0.25, -0.2) is 4.68 Å². The predicted octanol–water partition coefficient (Wildman–Crippen LogP) is 3.68. The van der Waals surface area contributed by atoms with Crippen molar-refractivity contribution >= 4 is 23.2 Å². The molecule has 0 bridgehead atoms. The molecule has 2 amide bonds. The summed E-state index contributed by atoms with van der Waals surface area (Å²) < 4.78 is 12.4. The van der Waals surface area contributed by atoms with Gasteiger partial charge in [0.1, 0.15) is 11.4 Å². The van der Waals surface area contributed by atoms with E-state index < -0.39 is 0 Å². The number of aromatic nitrogens is 2. The summed E-state index contributed by atoms with van der Waals surface area (Å²) in [5.74, 6) is -0.0661. The summed E-state index contributed by atoms with van der Waals surface area (Å²) in [5, 5.41) is 7.45. The number of para-hydroxylation sites is 1. The first kappa shape index (κ1) is 23.4. The number of anilines is 2. The van der Waals surface area contributed by atoms with E-state index in [0.29, 0.717) is 36.0 Å². The molecule has 0 radical (unpaired) electrons. The van der Waals surface area contributed by atoms with E-state index in [0.717, 1.165) is 24.5 Å². The molecule has 1 N–H and O–H groups in total. The van der Waals surface area contributed by atoms with Crippen LogP contribution in [0.15, 0.2) is 83.5 Å². The lowest BCUT2D eigenvalue weighted by Gasteiger charge is -2.28. The molecule has 5 rings (SSSR count). The van der Waals surface area contributed by atoms with E-state index in [4.69, 9.17) is 9.15 Å². The van der Waals surface area contributed by atoms with E-state index in [9.17, 15) is 9.59 Å². The largest absolute Gasteiger partial charge is 0.463 e. The summed E-state index contributed by atoms with van der Waals surface area (Å²) in [5.41, 5.74) is 3.36. The zero-order valence-electron chi connectivity index (χ0n) is 20.0. The Morgan fingerprint density at radius 2 is 1.72 bits per heavy atom. The number of morpholine rings is 1. The summed E-state index contributed by atoms with van der Waals surface area (Å²) in [6.45, 7) is 3.01. The highest BCUT2D eigenvalue weighted by Crippen LogP contribution is 2.23. The van der Waals surface area contributed by atoms with Crippen LogP contribution in [0.4, 0.5) is 11.4 Å². The minimum Gasteiger partial charge on any atom is -0.463 e. The van der Waals surface area contributed by atoms with Gasteiger partial charge in [0.15, 0.2) is 5.76 Å². The zero-order valence-corrected chi connectivity index (χ0v) is 20.0. The molecular weight excluding hydrogens is 458 g/mol. The molecule has 0 aliphatic carbocycles. The molecule has 9 heteroatoms. The molecule has 184 valence electrons. The molecule has 0 atom stereocenters. The number of carbonyl (C=O) groups excluding carboxylic acids is 2. The number of nitrogens with one attached hydrogen (secondary N) is 1. The molecule has 4 aromatic rings. The van der Waals surface area contributed by atoms with E-state index in [1.807, 2.05) is 54.6 Å². The van der Waals surface area contributed by atoms with Gasteiger partial charge in [-0.3, -0.25) is 9.59 Å². The van der Waals surface area contributed by atoms with Crippen molar-refractivity contribution in [1.29, 1.82) is 0 Å². The highest BCUT2D eigenvalue weighted by Gasteiger charge is 2.23. The standard InChI is InChI=1S/C27H27N5O4/c1-30(19-26(33)28-20-9-11-21(12-10-20)31-13-16-35-17-14-31)27(34)24-18-23(25-8-5-15-36-25)29-32(24)22-6-3-2-4-7-22/h2-12,15,18H,13-14,16-17,19H2,1H3,(H,28,33). The molecule has 1 fully saturated rings. The van der Waals surface area contributed by atoms with E-state index in [1.165, 1.54) is 4.90 Å². The lowest BCUT2D eigenvalue weighted by Crippen LogP contribution is -2.36. The van der Waals surface area contributed by atoms with Crippen LogP contribution in [-0.4, -0.2) is 66.4 Å². The van der Waals surface area contributed by atoms with Crippen LogP contribution in [0, 0.1) is 0 Å². The first-order chi connectivity index (χ1) is 17.6. The van der Waals surface area contributed by atoms with Crippen molar-refractivity contribution in [3.8, 4) is 17.1 Å². The van der Waals surface area contributed by atoms with Crippen LogP contribution < -0.4 is 10.2 Å².